The molecular weight excluding hydrogens is 422 g/mol. The lowest BCUT2D eigenvalue weighted by molar-refractivity contribution is 0.0946. The number of hydrogen-bond donors (Lipinski definition) is 4. The minimum absolute atomic E-state index is 0.0644. The van der Waals surface area contributed by atoms with Crippen molar-refractivity contribution < 1.29 is 14.3 Å². The number of carbonyl (C=O) groups is 1. The summed E-state index contributed by atoms with van der Waals surface area (Å²) in [6.07, 6.45) is 3.57. The third-order valence-corrected chi connectivity index (χ3v) is 5.36. The van der Waals surface area contributed by atoms with Crippen LogP contribution in [0.3, 0.4) is 0 Å². The molecule has 0 bridgehead atoms. The average Bonchev–Trinajstić information content (AvgIpc) is 3.38. The minimum Gasteiger partial charge on any atom is -0.423 e. The van der Waals surface area contributed by atoms with Crippen LogP contribution in [0.2, 0.25) is 0 Å². The molecule has 10 heteroatoms. The van der Waals surface area contributed by atoms with Crippen LogP contribution in [0.4, 0.5) is 17.5 Å². The molecule has 0 aliphatic carbocycles. The van der Waals surface area contributed by atoms with E-state index in [1.807, 2.05) is 42.5 Å². The fourth-order valence-corrected chi connectivity index (χ4v) is 3.72. The average molecular weight is 443 g/mol. The molecule has 2 aromatic heterocycles. The topological polar surface area (TPSA) is 138 Å². The highest BCUT2D eigenvalue weighted by molar-refractivity contribution is 5.97. The van der Waals surface area contributed by atoms with Crippen molar-refractivity contribution in [2.45, 2.75) is 12.5 Å². The number of rotatable bonds is 7. The SMILES string of the molecule is O=C1NCCc2cc(Nc3ncc(-c4nnco4)c(NC(CO)c4ccccc4)n3)ccc21. The molecule has 1 aliphatic rings. The first-order chi connectivity index (χ1) is 16.2. The van der Waals surface area contributed by atoms with Crippen molar-refractivity contribution in [3.05, 3.63) is 77.8 Å². The maximum atomic E-state index is 12.0. The number of aromatic nitrogens is 4. The van der Waals surface area contributed by atoms with Gasteiger partial charge in [0.1, 0.15) is 5.82 Å². The number of nitrogens with one attached hydrogen (secondary N) is 3. The van der Waals surface area contributed by atoms with Gasteiger partial charge in [-0.3, -0.25) is 4.79 Å². The van der Waals surface area contributed by atoms with Crippen molar-refractivity contribution in [3.8, 4) is 11.5 Å². The molecule has 0 saturated carbocycles. The van der Waals surface area contributed by atoms with E-state index >= 15 is 0 Å². The highest BCUT2D eigenvalue weighted by Crippen LogP contribution is 2.29. The number of nitrogens with zero attached hydrogens (tertiary/aromatic N) is 4. The zero-order valence-corrected chi connectivity index (χ0v) is 17.5. The second-order valence-electron chi connectivity index (χ2n) is 7.49. The van der Waals surface area contributed by atoms with Crippen LogP contribution in [0.15, 0.2) is 65.5 Å². The number of hydrogen-bond acceptors (Lipinski definition) is 9. The number of benzene rings is 2. The predicted molar refractivity (Wildman–Crippen MR) is 121 cm³/mol. The lowest BCUT2D eigenvalue weighted by Crippen LogP contribution is -2.31. The Kier molecular flexibility index (Phi) is 5.64. The number of anilines is 3. The Hall–Kier alpha value is -4.31. The zero-order chi connectivity index (χ0) is 22.6. The molecule has 1 amide bonds. The molecule has 33 heavy (non-hydrogen) atoms. The lowest BCUT2D eigenvalue weighted by Gasteiger charge is -2.20. The number of aliphatic hydroxyl groups excluding tert-OH is 1. The summed E-state index contributed by atoms with van der Waals surface area (Å²) in [4.78, 5) is 21.0. The van der Waals surface area contributed by atoms with Gasteiger partial charge in [-0.1, -0.05) is 30.3 Å². The monoisotopic (exact) mass is 443 g/mol. The van der Waals surface area contributed by atoms with E-state index in [4.69, 9.17) is 4.42 Å². The van der Waals surface area contributed by atoms with E-state index in [-0.39, 0.29) is 18.4 Å². The smallest absolute Gasteiger partial charge is 0.252 e. The van der Waals surface area contributed by atoms with E-state index in [0.717, 1.165) is 23.2 Å². The Morgan fingerprint density at radius 1 is 1.15 bits per heavy atom. The normalized spacial score (nSPS) is 13.7. The molecule has 0 fully saturated rings. The highest BCUT2D eigenvalue weighted by atomic mass is 16.4. The van der Waals surface area contributed by atoms with Crippen LogP contribution in [0, 0.1) is 0 Å². The van der Waals surface area contributed by atoms with Gasteiger partial charge in [-0.25, -0.2) is 4.98 Å². The number of fused-ring (bicyclic) bond motifs is 1. The summed E-state index contributed by atoms with van der Waals surface area (Å²) in [5.74, 6) is 0.960. The fraction of sp³-hybridized carbons (Fsp3) is 0.174. The largest absolute Gasteiger partial charge is 0.423 e. The first-order valence-electron chi connectivity index (χ1n) is 10.5. The van der Waals surface area contributed by atoms with Gasteiger partial charge in [0.2, 0.25) is 12.3 Å². The Bertz CT molecular complexity index is 1260. The molecule has 5 rings (SSSR count). The minimum atomic E-state index is -0.405. The molecule has 4 N–H and O–H groups in total. The zero-order valence-electron chi connectivity index (χ0n) is 17.5. The molecule has 4 aromatic rings. The van der Waals surface area contributed by atoms with Crippen molar-refractivity contribution in [2.24, 2.45) is 0 Å². The maximum absolute atomic E-state index is 12.0. The summed E-state index contributed by atoms with van der Waals surface area (Å²) in [6.45, 7) is 0.466. The Balaban J connectivity index is 1.46. The summed E-state index contributed by atoms with van der Waals surface area (Å²) < 4.78 is 5.35. The molecule has 1 unspecified atom stereocenters. The van der Waals surface area contributed by atoms with E-state index in [0.29, 0.717) is 29.4 Å². The molecule has 1 aliphatic heterocycles. The Labute approximate surface area is 189 Å². The molecule has 2 aromatic carbocycles. The number of carbonyl (C=O) groups excluding carboxylic acids is 1. The summed E-state index contributed by atoms with van der Waals surface area (Å²) >= 11 is 0. The van der Waals surface area contributed by atoms with Gasteiger partial charge in [0.05, 0.1) is 18.2 Å². The second kappa shape index (κ2) is 9.05. The summed E-state index contributed by atoms with van der Waals surface area (Å²) in [7, 11) is 0. The van der Waals surface area contributed by atoms with E-state index in [1.54, 1.807) is 12.3 Å². The summed E-state index contributed by atoms with van der Waals surface area (Å²) in [6, 6.07) is 14.7. The Morgan fingerprint density at radius 2 is 2.03 bits per heavy atom. The highest BCUT2D eigenvalue weighted by Gasteiger charge is 2.20. The standard InChI is InChI=1S/C23H21N7O3/c31-12-19(14-4-2-1-3-5-14)28-20-18(22-30-26-13-33-22)11-25-23(29-20)27-16-6-7-17-15(10-16)8-9-24-21(17)32/h1-7,10-11,13,19,31H,8-9,12H2,(H,24,32)(H2,25,27,28,29). The molecular formula is C23H21N7O3. The van der Waals surface area contributed by atoms with Crippen molar-refractivity contribution in [1.82, 2.24) is 25.5 Å². The van der Waals surface area contributed by atoms with Crippen LogP contribution >= 0.6 is 0 Å². The first-order valence-corrected chi connectivity index (χ1v) is 10.5. The van der Waals surface area contributed by atoms with Crippen molar-refractivity contribution in [1.29, 1.82) is 0 Å². The maximum Gasteiger partial charge on any atom is 0.252 e. The molecule has 0 saturated heterocycles. The van der Waals surface area contributed by atoms with Crippen molar-refractivity contribution >= 4 is 23.4 Å². The van der Waals surface area contributed by atoms with Gasteiger partial charge in [-0.2, -0.15) is 4.98 Å². The van der Waals surface area contributed by atoms with E-state index < -0.39 is 6.04 Å². The van der Waals surface area contributed by atoms with Crippen molar-refractivity contribution in [2.75, 3.05) is 23.8 Å². The molecule has 0 radical (unpaired) electrons. The van der Waals surface area contributed by atoms with Crippen LogP contribution in [-0.4, -0.2) is 44.3 Å². The third-order valence-electron chi connectivity index (χ3n) is 5.36. The molecule has 1 atom stereocenters. The van der Waals surface area contributed by atoms with Crippen LogP contribution < -0.4 is 16.0 Å². The third kappa shape index (κ3) is 4.37. The Morgan fingerprint density at radius 3 is 2.82 bits per heavy atom. The van der Waals surface area contributed by atoms with E-state index in [2.05, 4.69) is 36.1 Å². The van der Waals surface area contributed by atoms with E-state index in [9.17, 15) is 9.90 Å². The lowest BCUT2D eigenvalue weighted by atomic mass is 10.00. The van der Waals surface area contributed by atoms with E-state index in [1.165, 1.54) is 6.39 Å². The number of aliphatic hydroxyl groups is 1. The van der Waals surface area contributed by atoms with Gasteiger partial charge in [-0.15, -0.1) is 10.2 Å². The molecule has 10 nitrogen and oxygen atoms in total. The fourth-order valence-electron chi connectivity index (χ4n) is 3.72. The second-order valence-corrected chi connectivity index (χ2v) is 7.49. The van der Waals surface area contributed by atoms with Crippen molar-refractivity contribution in [3.63, 3.8) is 0 Å². The quantitative estimate of drug-likeness (QED) is 0.339. The first kappa shape index (κ1) is 20.6. The van der Waals surface area contributed by atoms with Gasteiger partial charge >= 0.3 is 0 Å². The van der Waals surface area contributed by atoms with Gasteiger partial charge in [-0.05, 0) is 35.7 Å². The summed E-state index contributed by atoms with van der Waals surface area (Å²) in [5.41, 5.74) is 3.82. The van der Waals surface area contributed by atoms with Gasteiger partial charge in [0.25, 0.3) is 11.8 Å². The summed E-state index contributed by atoms with van der Waals surface area (Å²) in [5, 5.41) is 27.0. The van der Waals surface area contributed by atoms with Crippen LogP contribution in [0.25, 0.3) is 11.5 Å². The molecule has 3 heterocycles. The number of amides is 1. The van der Waals surface area contributed by atoms with Crippen LogP contribution in [0.5, 0.6) is 0 Å². The van der Waals surface area contributed by atoms with Gasteiger partial charge < -0.3 is 25.5 Å². The molecule has 166 valence electrons. The predicted octanol–water partition coefficient (Wildman–Crippen LogP) is 2.70. The molecule has 0 spiro atoms. The van der Waals surface area contributed by atoms with Crippen LogP contribution in [-0.2, 0) is 6.42 Å². The van der Waals surface area contributed by atoms with Gasteiger partial charge in [0, 0.05) is 24.0 Å². The van der Waals surface area contributed by atoms with Gasteiger partial charge in [0.15, 0.2) is 0 Å². The van der Waals surface area contributed by atoms with Crippen LogP contribution in [0.1, 0.15) is 27.5 Å².